The van der Waals surface area contributed by atoms with Crippen molar-refractivity contribution in [2.75, 3.05) is 0 Å². The van der Waals surface area contributed by atoms with Crippen LogP contribution >= 0.6 is 0 Å². The first-order chi connectivity index (χ1) is 6.33. The molecular formula is C13H14. The lowest BCUT2D eigenvalue weighted by molar-refractivity contribution is 1.23. The van der Waals surface area contributed by atoms with E-state index in [1.807, 2.05) is 25.1 Å². The van der Waals surface area contributed by atoms with Crippen molar-refractivity contribution in [3.05, 3.63) is 59.9 Å². The van der Waals surface area contributed by atoms with Crippen molar-refractivity contribution in [2.24, 2.45) is 0 Å². The fraction of sp³-hybridized carbons (Fsp3) is 0.154. The Bertz CT molecular complexity index is 324. The van der Waals surface area contributed by atoms with Crippen LogP contribution in [0.1, 0.15) is 18.9 Å². The maximum absolute atomic E-state index is 3.59. The van der Waals surface area contributed by atoms with Crippen LogP contribution in [0.5, 0.6) is 0 Å². The van der Waals surface area contributed by atoms with E-state index >= 15 is 0 Å². The molecule has 0 aliphatic rings. The zero-order chi connectivity index (χ0) is 9.52. The normalized spacial score (nSPS) is 9.92. The molecule has 0 nitrogen and oxygen atoms in total. The smallest absolute Gasteiger partial charge is 0.00622 e. The van der Waals surface area contributed by atoms with E-state index < -0.39 is 0 Å². The van der Waals surface area contributed by atoms with Gasteiger partial charge >= 0.3 is 0 Å². The molecule has 0 amide bonds. The summed E-state index contributed by atoms with van der Waals surface area (Å²) in [6, 6.07) is 10.3. The summed E-state index contributed by atoms with van der Waals surface area (Å²) in [5.41, 5.74) is 5.28. The maximum Gasteiger partial charge on any atom is -0.00622 e. The van der Waals surface area contributed by atoms with E-state index in [9.17, 15) is 0 Å². The molecule has 0 unspecified atom stereocenters. The molecule has 0 bridgehead atoms. The third kappa shape index (κ3) is 3.59. The summed E-state index contributed by atoms with van der Waals surface area (Å²) >= 11 is 0. The topological polar surface area (TPSA) is 0 Å². The average molecular weight is 170 g/mol. The van der Waals surface area contributed by atoms with Gasteiger partial charge in [0.15, 0.2) is 0 Å². The average Bonchev–Trinajstić information content (AvgIpc) is 2.19. The van der Waals surface area contributed by atoms with Gasteiger partial charge in [-0.2, -0.15) is 0 Å². The molecule has 0 saturated heterocycles. The van der Waals surface area contributed by atoms with E-state index in [0.717, 1.165) is 6.42 Å². The molecule has 0 heteroatoms. The van der Waals surface area contributed by atoms with Gasteiger partial charge in [-0.1, -0.05) is 49.1 Å². The third-order valence-corrected chi connectivity index (χ3v) is 1.84. The highest BCUT2D eigenvalue weighted by Crippen LogP contribution is 2.04. The van der Waals surface area contributed by atoms with Crippen LogP contribution in [0.3, 0.4) is 0 Å². The molecule has 1 aromatic carbocycles. The lowest BCUT2D eigenvalue weighted by Crippen LogP contribution is -1.70. The molecule has 0 atom stereocenters. The highest BCUT2D eigenvalue weighted by molar-refractivity contribution is 5.48. The minimum atomic E-state index is 0.929. The van der Waals surface area contributed by atoms with Gasteiger partial charge in [-0.3, -0.25) is 0 Å². The summed E-state index contributed by atoms with van der Waals surface area (Å²) in [6.07, 6.45) is 5.17. The molecule has 0 aliphatic carbocycles. The molecule has 0 N–H and O–H groups in total. The zero-order valence-electron chi connectivity index (χ0n) is 7.96. The number of allylic oxidation sites excluding steroid dienone is 2. The summed E-state index contributed by atoms with van der Waals surface area (Å²) in [7, 11) is 0. The molecular weight excluding hydrogens is 156 g/mol. The number of hydrogen-bond acceptors (Lipinski definition) is 0. The van der Waals surface area contributed by atoms with Gasteiger partial charge < -0.3 is 0 Å². The number of benzene rings is 1. The molecule has 0 spiro atoms. The first-order valence-electron chi connectivity index (χ1n) is 4.40. The van der Waals surface area contributed by atoms with Crippen LogP contribution in [0.2, 0.25) is 0 Å². The third-order valence-electron chi connectivity index (χ3n) is 1.84. The lowest BCUT2D eigenvalue weighted by atomic mass is 10.1. The lowest BCUT2D eigenvalue weighted by Gasteiger charge is -1.91. The Morgan fingerprint density at radius 2 is 2.08 bits per heavy atom. The van der Waals surface area contributed by atoms with Crippen molar-refractivity contribution < 1.29 is 0 Å². The zero-order valence-corrected chi connectivity index (χ0v) is 7.96. The first kappa shape index (κ1) is 9.57. The van der Waals surface area contributed by atoms with E-state index in [1.165, 1.54) is 11.1 Å². The van der Waals surface area contributed by atoms with Gasteiger partial charge in [-0.25, -0.2) is 0 Å². The summed E-state index contributed by atoms with van der Waals surface area (Å²) in [5, 5.41) is 0. The molecule has 1 aromatic rings. The Balaban J connectivity index is 2.55. The molecule has 66 valence electrons. The SMILES string of the molecule is C=C=C(C)C/C=C\c1ccccc1. The van der Waals surface area contributed by atoms with Gasteiger partial charge in [-0.05, 0) is 24.5 Å². The van der Waals surface area contributed by atoms with Crippen molar-refractivity contribution in [3.8, 4) is 0 Å². The van der Waals surface area contributed by atoms with E-state index in [1.54, 1.807) is 0 Å². The highest BCUT2D eigenvalue weighted by atomic mass is 13.9. The fourth-order valence-electron chi connectivity index (χ4n) is 1.01. The van der Waals surface area contributed by atoms with Gasteiger partial charge in [0.25, 0.3) is 0 Å². The van der Waals surface area contributed by atoms with Crippen molar-refractivity contribution in [1.82, 2.24) is 0 Å². The van der Waals surface area contributed by atoms with Crippen LogP contribution in [-0.2, 0) is 0 Å². The van der Waals surface area contributed by atoms with Crippen LogP contribution in [0.25, 0.3) is 6.08 Å². The van der Waals surface area contributed by atoms with Gasteiger partial charge in [0.05, 0.1) is 0 Å². The van der Waals surface area contributed by atoms with Gasteiger partial charge in [0, 0.05) is 0 Å². The quantitative estimate of drug-likeness (QED) is 0.605. The van der Waals surface area contributed by atoms with E-state index in [4.69, 9.17) is 0 Å². The fourth-order valence-corrected chi connectivity index (χ4v) is 1.01. The Kier molecular flexibility index (Phi) is 3.81. The molecule has 0 fully saturated rings. The molecule has 13 heavy (non-hydrogen) atoms. The predicted octanol–water partition coefficient (Wildman–Crippen LogP) is 3.82. The molecule has 1 rings (SSSR count). The second-order valence-corrected chi connectivity index (χ2v) is 2.97. The molecule has 0 radical (unpaired) electrons. The van der Waals surface area contributed by atoms with Crippen molar-refractivity contribution in [2.45, 2.75) is 13.3 Å². The van der Waals surface area contributed by atoms with Crippen molar-refractivity contribution in [3.63, 3.8) is 0 Å². The van der Waals surface area contributed by atoms with Crippen LogP contribution in [0.4, 0.5) is 0 Å². The highest BCUT2D eigenvalue weighted by Gasteiger charge is 1.83. The predicted molar refractivity (Wildman–Crippen MR) is 58.4 cm³/mol. The van der Waals surface area contributed by atoms with E-state index in [-0.39, 0.29) is 0 Å². The Hall–Kier alpha value is -1.52. The summed E-state index contributed by atoms with van der Waals surface area (Å²) < 4.78 is 0. The van der Waals surface area contributed by atoms with Gasteiger partial charge in [0.2, 0.25) is 0 Å². The van der Waals surface area contributed by atoms with Crippen LogP contribution in [-0.4, -0.2) is 0 Å². The van der Waals surface area contributed by atoms with Crippen LogP contribution < -0.4 is 0 Å². The van der Waals surface area contributed by atoms with Crippen LogP contribution in [0.15, 0.2) is 54.3 Å². The standard InChI is InChI=1S/C13H14/c1-3-12(2)8-7-11-13-9-5-4-6-10-13/h4-7,9-11H,1,8H2,2H3/b11-7-. The second-order valence-electron chi connectivity index (χ2n) is 2.97. The maximum atomic E-state index is 3.59. The first-order valence-corrected chi connectivity index (χ1v) is 4.40. The largest absolute Gasteiger partial charge is 0.130 e. The summed E-state index contributed by atoms with van der Waals surface area (Å²) in [5.74, 6) is 0. The van der Waals surface area contributed by atoms with Gasteiger partial charge in [0.1, 0.15) is 0 Å². The Labute approximate surface area is 79.9 Å². The van der Waals surface area contributed by atoms with Crippen molar-refractivity contribution >= 4 is 6.08 Å². The molecule has 0 heterocycles. The number of hydrogen-bond donors (Lipinski definition) is 0. The Morgan fingerprint density at radius 1 is 1.38 bits per heavy atom. The van der Waals surface area contributed by atoms with Gasteiger partial charge in [-0.15, -0.1) is 5.73 Å². The second kappa shape index (κ2) is 5.18. The van der Waals surface area contributed by atoms with E-state index in [0.29, 0.717) is 0 Å². The Morgan fingerprint density at radius 3 is 2.69 bits per heavy atom. The van der Waals surface area contributed by atoms with Crippen LogP contribution in [0, 0.1) is 0 Å². The van der Waals surface area contributed by atoms with E-state index in [2.05, 4.69) is 36.6 Å². The number of rotatable bonds is 3. The molecule has 0 aliphatic heterocycles. The monoisotopic (exact) mass is 170 g/mol. The summed E-state index contributed by atoms with van der Waals surface area (Å²) in [4.78, 5) is 0. The minimum Gasteiger partial charge on any atom is -0.130 e. The summed E-state index contributed by atoms with van der Waals surface area (Å²) in [6.45, 7) is 5.62. The molecule has 0 saturated carbocycles. The van der Waals surface area contributed by atoms with Crippen molar-refractivity contribution in [1.29, 1.82) is 0 Å². The molecule has 0 aromatic heterocycles. The minimum absolute atomic E-state index is 0.929.